The van der Waals surface area contributed by atoms with Gasteiger partial charge in [0.05, 0.1) is 22.9 Å². The summed E-state index contributed by atoms with van der Waals surface area (Å²) in [4.78, 5) is 20.8. The van der Waals surface area contributed by atoms with Gasteiger partial charge in [-0.2, -0.15) is 0 Å². The van der Waals surface area contributed by atoms with Gasteiger partial charge in [0.1, 0.15) is 5.82 Å². The molecule has 2 heterocycles. The number of hydrogen-bond donors (Lipinski definition) is 0. The summed E-state index contributed by atoms with van der Waals surface area (Å²) >= 11 is 3.21. The lowest BCUT2D eigenvalue weighted by molar-refractivity contribution is -0.119. The first-order valence-electron chi connectivity index (χ1n) is 10.3. The molecule has 3 aromatic rings. The molecule has 1 aromatic heterocycles. The number of benzene rings is 2. The van der Waals surface area contributed by atoms with Crippen LogP contribution >= 0.6 is 23.1 Å². The fourth-order valence-electron chi connectivity index (χ4n) is 3.55. The Morgan fingerprint density at radius 3 is 2.87 bits per heavy atom. The van der Waals surface area contributed by atoms with Gasteiger partial charge in [0.15, 0.2) is 5.13 Å². The van der Waals surface area contributed by atoms with Gasteiger partial charge in [-0.3, -0.25) is 9.69 Å². The number of aryl methyl sites for hydroxylation is 1. The molecule has 0 bridgehead atoms. The zero-order chi connectivity index (χ0) is 20.9. The van der Waals surface area contributed by atoms with Crippen molar-refractivity contribution in [2.75, 3.05) is 23.8 Å². The Hall–Kier alpha value is -1.96. The Morgan fingerprint density at radius 1 is 1.30 bits per heavy atom. The number of carbonyl (C=O) groups is 1. The number of aromatic nitrogens is 1. The molecule has 1 unspecified atom stereocenters. The first-order valence-corrected chi connectivity index (χ1v) is 12.1. The number of fused-ring (bicyclic) bond motifs is 1. The van der Waals surface area contributed by atoms with Crippen molar-refractivity contribution in [1.82, 2.24) is 4.98 Å². The molecule has 1 aliphatic heterocycles. The minimum atomic E-state index is -0.231. The van der Waals surface area contributed by atoms with Crippen molar-refractivity contribution < 1.29 is 13.9 Å². The van der Waals surface area contributed by atoms with Gasteiger partial charge in [-0.15, -0.1) is 11.8 Å². The van der Waals surface area contributed by atoms with Crippen LogP contribution in [0.4, 0.5) is 9.52 Å². The standard InChI is InChI=1S/C23H25FN2O2S2/c1-16-5-2-7-20-22(16)25-23(30-20)26(15-18-6-3-13-28-18)21(27)8-4-14-29-19-11-9-17(24)10-12-19/h2,5,7,9-12,18H,3-4,6,8,13-15H2,1H3. The van der Waals surface area contributed by atoms with Crippen LogP contribution in [0.15, 0.2) is 47.4 Å². The zero-order valence-electron chi connectivity index (χ0n) is 17.0. The van der Waals surface area contributed by atoms with Gasteiger partial charge in [-0.25, -0.2) is 9.37 Å². The van der Waals surface area contributed by atoms with Crippen LogP contribution in [0.1, 0.15) is 31.2 Å². The summed E-state index contributed by atoms with van der Waals surface area (Å²) < 4.78 is 19.9. The number of thioether (sulfide) groups is 1. The highest BCUT2D eigenvalue weighted by atomic mass is 32.2. The summed E-state index contributed by atoms with van der Waals surface area (Å²) in [5.41, 5.74) is 2.09. The van der Waals surface area contributed by atoms with Crippen LogP contribution in [0.2, 0.25) is 0 Å². The molecule has 4 nitrogen and oxygen atoms in total. The second kappa shape index (κ2) is 9.90. The normalized spacial score (nSPS) is 16.3. The van der Waals surface area contributed by atoms with E-state index in [0.29, 0.717) is 13.0 Å². The van der Waals surface area contributed by atoms with E-state index < -0.39 is 0 Å². The lowest BCUT2D eigenvalue weighted by Crippen LogP contribution is -2.37. The third-order valence-electron chi connectivity index (χ3n) is 5.17. The number of nitrogens with zero attached hydrogens (tertiary/aromatic N) is 2. The summed E-state index contributed by atoms with van der Waals surface area (Å²) in [6.45, 7) is 3.37. The molecular formula is C23H25FN2O2S2. The fraction of sp³-hybridized carbons (Fsp3) is 0.391. The molecule has 1 atom stereocenters. The van der Waals surface area contributed by atoms with Crippen molar-refractivity contribution in [1.29, 1.82) is 0 Å². The highest BCUT2D eigenvalue weighted by Crippen LogP contribution is 2.32. The van der Waals surface area contributed by atoms with Crippen LogP contribution in [0.3, 0.4) is 0 Å². The smallest absolute Gasteiger partial charge is 0.228 e. The van der Waals surface area contributed by atoms with Crippen molar-refractivity contribution in [3.63, 3.8) is 0 Å². The summed E-state index contributed by atoms with van der Waals surface area (Å²) in [6.07, 6.45) is 3.31. The maximum Gasteiger partial charge on any atom is 0.228 e. The SMILES string of the molecule is Cc1cccc2sc(N(CC3CCCO3)C(=O)CCCSc3ccc(F)cc3)nc12. The predicted molar refractivity (Wildman–Crippen MR) is 122 cm³/mol. The lowest BCUT2D eigenvalue weighted by atomic mass is 10.2. The molecule has 1 aliphatic rings. The first kappa shape index (κ1) is 21.3. The molecule has 158 valence electrons. The second-order valence-corrected chi connectivity index (χ2v) is 9.64. The summed E-state index contributed by atoms with van der Waals surface area (Å²) in [6, 6.07) is 12.6. The van der Waals surface area contributed by atoms with Gasteiger partial charge < -0.3 is 4.74 Å². The molecule has 0 saturated carbocycles. The van der Waals surface area contributed by atoms with Gasteiger partial charge >= 0.3 is 0 Å². The van der Waals surface area contributed by atoms with Crippen molar-refractivity contribution in [2.45, 2.75) is 43.6 Å². The highest BCUT2D eigenvalue weighted by molar-refractivity contribution is 7.99. The Labute approximate surface area is 184 Å². The van der Waals surface area contributed by atoms with Crippen molar-refractivity contribution in [3.8, 4) is 0 Å². The third-order valence-corrected chi connectivity index (χ3v) is 7.31. The lowest BCUT2D eigenvalue weighted by Gasteiger charge is -2.23. The monoisotopic (exact) mass is 444 g/mol. The van der Waals surface area contributed by atoms with E-state index in [-0.39, 0.29) is 17.8 Å². The molecule has 30 heavy (non-hydrogen) atoms. The van der Waals surface area contributed by atoms with Crippen molar-refractivity contribution in [3.05, 3.63) is 53.8 Å². The Balaban J connectivity index is 1.42. The number of hydrogen-bond acceptors (Lipinski definition) is 5. The number of halogens is 1. The van der Waals surface area contributed by atoms with Crippen LogP contribution in [0.25, 0.3) is 10.2 Å². The van der Waals surface area contributed by atoms with Crippen LogP contribution in [-0.2, 0) is 9.53 Å². The number of ether oxygens (including phenoxy) is 1. The molecule has 1 amide bonds. The van der Waals surface area contributed by atoms with Crippen LogP contribution in [-0.4, -0.2) is 35.9 Å². The fourth-order valence-corrected chi connectivity index (χ4v) is 5.47. The molecule has 2 aromatic carbocycles. The number of anilines is 1. The van der Waals surface area contributed by atoms with E-state index in [2.05, 4.69) is 6.07 Å². The first-order chi connectivity index (χ1) is 14.6. The van der Waals surface area contributed by atoms with Gasteiger partial charge in [-0.1, -0.05) is 23.5 Å². The maximum atomic E-state index is 13.1. The Morgan fingerprint density at radius 2 is 2.13 bits per heavy atom. The van der Waals surface area contributed by atoms with E-state index in [9.17, 15) is 9.18 Å². The van der Waals surface area contributed by atoms with Crippen LogP contribution < -0.4 is 4.90 Å². The summed E-state index contributed by atoms with van der Waals surface area (Å²) in [5.74, 6) is 0.664. The van der Waals surface area contributed by atoms with Crippen molar-refractivity contribution >= 4 is 44.4 Å². The summed E-state index contributed by atoms with van der Waals surface area (Å²) in [5, 5.41) is 0.756. The largest absolute Gasteiger partial charge is 0.376 e. The van der Waals surface area contributed by atoms with Gasteiger partial charge in [0.2, 0.25) is 5.91 Å². The Kier molecular flexibility index (Phi) is 7.02. The molecule has 0 radical (unpaired) electrons. The average Bonchev–Trinajstić information content (AvgIpc) is 3.41. The predicted octanol–water partition coefficient (Wildman–Crippen LogP) is 5.83. The minimum Gasteiger partial charge on any atom is -0.376 e. The van der Waals surface area contributed by atoms with E-state index in [0.717, 1.165) is 57.4 Å². The van der Waals surface area contributed by atoms with Crippen molar-refractivity contribution in [2.24, 2.45) is 0 Å². The van der Waals surface area contributed by atoms with Gasteiger partial charge in [-0.05, 0) is 67.8 Å². The summed E-state index contributed by atoms with van der Waals surface area (Å²) in [7, 11) is 0. The molecule has 0 spiro atoms. The van der Waals surface area contributed by atoms with Gasteiger partial charge in [0.25, 0.3) is 0 Å². The molecule has 0 aliphatic carbocycles. The quantitative estimate of drug-likeness (QED) is 0.324. The average molecular weight is 445 g/mol. The number of thiazole rings is 1. The molecule has 4 rings (SSSR count). The number of amides is 1. The number of para-hydroxylation sites is 1. The minimum absolute atomic E-state index is 0.0793. The van der Waals surface area contributed by atoms with E-state index in [4.69, 9.17) is 9.72 Å². The third kappa shape index (κ3) is 5.20. The van der Waals surface area contributed by atoms with Crippen LogP contribution in [0.5, 0.6) is 0 Å². The van der Waals surface area contributed by atoms with Crippen LogP contribution in [0, 0.1) is 12.7 Å². The molecule has 7 heteroatoms. The molecule has 1 fully saturated rings. The molecular weight excluding hydrogens is 419 g/mol. The second-order valence-electron chi connectivity index (χ2n) is 7.46. The Bertz CT molecular complexity index is 1000. The highest BCUT2D eigenvalue weighted by Gasteiger charge is 2.26. The van der Waals surface area contributed by atoms with E-state index in [1.165, 1.54) is 12.1 Å². The molecule has 1 saturated heterocycles. The number of rotatable bonds is 8. The topological polar surface area (TPSA) is 42.4 Å². The zero-order valence-corrected chi connectivity index (χ0v) is 18.6. The molecule has 0 N–H and O–H groups in total. The number of carbonyl (C=O) groups excluding carboxylic acids is 1. The van der Waals surface area contributed by atoms with E-state index in [1.54, 1.807) is 35.2 Å². The van der Waals surface area contributed by atoms with E-state index in [1.807, 2.05) is 24.0 Å². The van der Waals surface area contributed by atoms with Gasteiger partial charge in [0, 0.05) is 17.9 Å². The maximum absolute atomic E-state index is 13.1. The van der Waals surface area contributed by atoms with E-state index >= 15 is 0 Å².